The summed E-state index contributed by atoms with van der Waals surface area (Å²) in [5.74, 6) is 0.0497. The maximum Gasteiger partial charge on any atom is 0.197 e. The van der Waals surface area contributed by atoms with E-state index in [-0.39, 0.29) is 5.78 Å². The Balaban J connectivity index is 2.09. The van der Waals surface area contributed by atoms with Crippen molar-refractivity contribution < 1.29 is 4.79 Å². The molecule has 0 aliphatic rings. The summed E-state index contributed by atoms with van der Waals surface area (Å²) >= 11 is 1.46. The monoisotopic (exact) mass is 203 g/mol. The zero-order valence-corrected chi connectivity index (χ0v) is 8.28. The molecule has 2 heterocycles. The van der Waals surface area contributed by atoms with Gasteiger partial charge >= 0.3 is 0 Å². The fourth-order valence-electron chi connectivity index (χ4n) is 1.10. The van der Waals surface area contributed by atoms with E-state index < -0.39 is 0 Å². The summed E-state index contributed by atoms with van der Waals surface area (Å²) in [6, 6.07) is 7.54. The van der Waals surface area contributed by atoms with Crippen molar-refractivity contribution in [3.63, 3.8) is 0 Å². The molecule has 2 aromatic rings. The third kappa shape index (κ3) is 2.00. The molecule has 0 aliphatic heterocycles. The van der Waals surface area contributed by atoms with Gasteiger partial charge in [-0.1, -0.05) is 6.07 Å². The van der Waals surface area contributed by atoms with Crippen LogP contribution in [0.2, 0.25) is 0 Å². The Morgan fingerprint density at radius 2 is 2.07 bits per heavy atom. The van der Waals surface area contributed by atoms with E-state index in [0.717, 1.165) is 4.88 Å². The molecule has 0 fully saturated rings. The fourth-order valence-corrected chi connectivity index (χ4v) is 1.75. The molecule has 70 valence electrons. The quantitative estimate of drug-likeness (QED) is 0.555. The molecule has 0 N–H and O–H groups in total. The first-order valence-electron chi connectivity index (χ1n) is 4.25. The number of hydrogen-bond acceptors (Lipinski definition) is 2. The van der Waals surface area contributed by atoms with Crippen LogP contribution in [0.15, 0.2) is 48.1 Å². The van der Waals surface area contributed by atoms with Crippen molar-refractivity contribution in [3.05, 3.63) is 53.0 Å². The molecule has 0 aromatic carbocycles. The minimum Gasteiger partial charge on any atom is -0.330 e. The Hall–Kier alpha value is -1.61. The molecule has 14 heavy (non-hydrogen) atoms. The molecule has 2 nitrogen and oxygen atoms in total. The third-order valence-electron chi connectivity index (χ3n) is 1.79. The number of rotatable bonds is 3. The van der Waals surface area contributed by atoms with Crippen LogP contribution in [0.5, 0.6) is 0 Å². The predicted molar refractivity (Wildman–Crippen MR) is 58.4 cm³/mol. The average Bonchev–Trinajstić information content (AvgIpc) is 2.87. The lowest BCUT2D eigenvalue weighted by atomic mass is 10.3. The molecular formula is C11H9NOS. The van der Waals surface area contributed by atoms with Crippen molar-refractivity contribution in [1.82, 2.24) is 4.57 Å². The molecule has 0 saturated carbocycles. The normalized spacial score (nSPS) is 10.9. The Bertz CT molecular complexity index is 426. The van der Waals surface area contributed by atoms with Gasteiger partial charge in [-0.2, -0.15) is 0 Å². The number of ketones is 1. The smallest absolute Gasteiger partial charge is 0.197 e. The van der Waals surface area contributed by atoms with Crippen LogP contribution in [0.1, 0.15) is 9.67 Å². The first kappa shape index (κ1) is 8.97. The van der Waals surface area contributed by atoms with E-state index in [1.807, 2.05) is 46.6 Å². The zero-order chi connectivity index (χ0) is 9.80. The fraction of sp³-hybridized carbons (Fsp3) is 0. The van der Waals surface area contributed by atoms with Crippen molar-refractivity contribution in [2.24, 2.45) is 0 Å². The van der Waals surface area contributed by atoms with Crippen molar-refractivity contribution in [2.75, 3.05) is 0 Å². The van der Waals surface area contributed by atoms with Gasteiger partial charge in [-0.25, -0.2) is 0 Å². The number of allylic oxidation sites excluding steroid dienone is 1. The largest absolute Gasteiger partial charge is 0.330 e. The van der Waals surface area contributed by atoms with Gasteiger partial charge < -0.3 is 4.57 Å². The molecule has 0 bridgehead atoms. The van der Waals surface area contributed by atoms with Crippen LogP contribution in [0.4, 0.5) is 0 Å². The maximum absolute atomic E-state index is 11.5. The summed E-state index contributed by atoms with van der Waals surface area (Å²) in [5, 5.41) is 1.90. The summed E-state index contributed by atoms with van der Waals surface area (Å²) in [6.07, 6.45) is 7.10. The highest BCUT2D eigenvalue weighted by Crippen LogP contribution is 2.09. The van der Waals surface area contributed by atoms with Gasteiger partial charge in [0.2, 0.25) is 0 Å². The number of carbonyl (C=O) groups excluding carboxylic acids is 1. The second-order valence-electron chi connectivity index (χ2n) is 2.79. The molecule has 0 spiro atoms. The van der Waals surface area contributed by atoms with Crippen molar-refractivity contribution in [2.45, 2.75) is 0 Å². The molecule has 2 rings (SSSR count). The van der Waals surface area contributed by atoms with Crippen LogP contribution in [-0.4, -0.2) is 10.4 Å². The molecule has 3 heteroatoms. The Kier molecular flexibility index (Phi) is 2.60. The van der Waals surface area contributed by atoms with Crippen molar-refractivity contribution in [1.29, 1.82) is 0 Å². The Morgan fingerprint density at radius 3 is 2.71 bits per heavy atom. The summed E-state index contributed by atoms with van der Waals surface area (Å²) in [4.78, 5) is 12.3. The van der Waals surface area contributed by atoms with E-state index in [2.05, 4.69) is 0 Å². The average molecular weight is 203 g/mol. The standard InChI is InChI=1S/C11H9NOS/c13-10(11-4-3-9-14-11)5-8-12-6-1-2-7-12/h1-9H/b8-5+. The van der Waals surface area contributed by atoms with Crippen LogP contribution in [0.3, 0.4) is 0 Å². The first-order valence-corrected chi connectivity index (χ1v) is 5.13. The van der Waals surface area contributed by atoms with Gasteiger partial charge in [-0.3, -0.25) is 4.79 Å². The second-order valence-corrected chi connectivity index (χ2v) is 3.74. The molecule has 0 radical (unpaired) electrons. The SMILES string of the molecule is O=C(/C=C/n1cccc1)c1cccs1. The molecular weight excluding hydrogens is 194 g/mol. The lowest BCUT2D eigenvalue weighted by Crippen LogP contribution is -1.90. The lowest BCUT2D eigenvalue weighted by molar-refractivity contribution is 0.105. The first-order chi connectivity index (χ1) is 6.86. The number of nitrogens with zero attached hydrogens (tertiary/aromatic N) is 1. The molecule has 0 aliphatic carbocycles. The number of carbonyl (C=O) groups is 1. The Labute approximate surface area is 86.1 Å². The van der Waals surface area contributed by atoms with E-state index in [1.54, 1.807) is 12.3 Å². The van der Waals surface area contributed by atoms with Crippen LogP contribution < -0.4 is 0 Å². The molecule has 0 atom stereocenters. The number of aromatic nitrogens is 1. The highest BCUT2D eigenvalue weighted by atomic mass is 32.1. The third-order valence-corrected chi connectivity index (χ3v) is 2.67. The second kappa shape index (κ2) is 4.07. The summed E-state index contributed by atoms with van der Waals surface area (Å²) < 4.78 is 1.84. The highest BCUT2D eigenvalue weighted by Gasteiger charge is 2.00. The molecule has 0 amide bonds. The minimum absolute atomic E-state index is 0.0497. The van der Waals surface area contributed by atoms with Crippen LogP contribution in [0.25, 0.3) is 6.20 Å². The highest BCUT2D eigenvalue weighted by molar-refractivity contribution is 7.12. The maximum atomic E-state index is 11.5. The number of hydrogen-bond donors (Lipinski definition) is 0. The van der Waals surface area contributed by atoms with Crippen LogP contribution in [0, 0.1) is 0 Å². The van der Waals surface area contributed by atoms with E-state index in [4.69, 9.17) is 0 Å². The molecule has 0 unspecified atom stereocenters. The van der Waals surface area contributed by atoms with Crippen LogP contribution in [-0.2, 0) is 0 Å². The van der Waals surface area contributed by atoms with Gasteiger partial charge in [0.25, 0.3) is 0 Å². The van der Waals surface area contributed by atoms with Gasteiger partial charge in [0.1, 0.15) is 0 Å². The zero-order valence-electron chi connectivity index (χ0n) is 7.46. The van der Waals surface area contributed by atoms with Crippen molar-refractivity contribution in [3.8, 4) is 0 Å². The van der Waals surface area contributed by atoms with Crippen LogP contribution >= 0.6 is 11.3 Å². The van der Waals surface area contributed by atoms with Crippen molar-refractivity contribution >= 4 is 23.3 Å². The van der Waals surface area contributed by atoms with Gasteiger partial charge in [-0.15, -0.1) is 11.3 Å². The summed E-state index contributed by atoms with van der Waals surface area (Å²) in [6.45, 7) is 0. The van der Waals surface area contributed by atoms with E-state index in [1.165, 1.54) is 11.3 Å². The van der Waals surface area contributed by atoms with Gasteiger partial charge in [0.05, 0.1) is 4.88 Å². The molecule has 0 saturated heterocycles. The summed E-state index contributed by atoms with van der Waals surface area (Å²) in [5.41, 5.74) is 0. The number of thiophene rings is 1. The summed E-state index contributed by atoms with van der Waals surface area (Å²) in [7, 11) is 0. The lowest BCUT2D eigenvalue weighted by Gasteiger charge is -1.90. The van der Waals surface area contributed by atoms with E-state index >= 15 is 0 Å². The van der Waals surface area contributed by atoms with Gasteiger partial charge in [-0.05, 0) is 23.6 Å². The van der Waals surface area contributed by atoms with E-state index in [0.29, 0.717) is 0 Å². The van der Waals surface area contributed by atoms with E-state index in [9.17, 15) is 4.79 Å². The van der Waals surface area contributed by atoms with Gasteiger partial charge in [0.15, 0.2) is 5.78 Å². The topological polar surface area (TPSA) is 22.0 Å². The predicted octanol–water partition coefficient (Wildman–Crippen LogP) is 2.90. The minimum atomic E-state index is 0.0497. The Morgan fingerprint density at radius 1 is 1.29 bits per heavy atom. The molecule has 2 aromatic heterocycles. The van der Waals surface area contributed by atoms with Gasteiger partial charge in [0, 0.05) is 24.7 Å².